The van der Waals surface area contributed by atoms with Gasteiger partial charge >= 0.3 is 5.97 Å². The predicted octanol–water partition coefficient (Wildman–Crippen LogP) is 2.26. The molecular weight excluding hydrogens is 282 g/mol. The van der Waals surface area contributed by atoms with Gasteiger partial charge < -0.3 is 14.8 Å². The quantitative estimate of drug-likeness (QED) is 0.819. The highest BCUT2D eigenvalue weighted by atomic mass is 16.5. The Hall–Kier alpha value is -2.04. The first-order valence-electron chi connectivity index (χ1n) is 7.49. The fourth-order valence-electron chi connectivity index (χ4n) is 2.58. The van der Waals surface area contributed by atoms with E-state index < -0.39 is 11.5 Å². The molecule has 1 aromatic rings. The molecule has 3 atom stereocenters. The number of carbonyl (C=O) groups is 2. The van der Waals surface area contributed by atoms with E-state index in [-0.39, 0.29) is 17.7 Å². The van der Waals surface area contributed by atoms with Crippen LogP contribution in [-0.4, -0.2) is 31.6 Å². The normalized spacial score (nSPS) is 22.4. The Kier molecular flexibility index (Phi) is 4.74. The van der Waals surface area contributed by atoms with Crippen molar-refractivity contribution < 1.29 is 19.1 Å². The number of esters is 1. The van der Waals surface area contributed by atoms with Gasteiger partial charge in [0, 0.05) is 5.92 Å². The van der Waals surface area contributed by atoms with Gasteiger partial charge in [-0.15, -0.1) is 0 Å². The molecule has 1 aliphatic carbocycles. The predicted molar refractivity (Wildman–Crippen MR) is 82.7 cm³/mol. The highest BCUT2D eigenvalue weighted by Gasteiger charge is 2.46. The minimum atomic E-state index is -0.959. The van der Waals surface area contributed by atoms with Crippen LogP contribution in [0.15, 0.2) is 24.3 Å². The Bertz CT molecular complexity index is 554. The van der Waals surface area contributed by atoms with E-state index in [0.717, 1.165) is 17.7 Å². The Morgan fingerprint density at radius 1 is 1.27 bits per heavy atom. The molecule has 22 heavy (non-hydrogen) atoms. The smallest absolute Gasteiger partial charge is 0.331 e. The van der Waals surface area contributed by atoms with Gasteiger partial charge in [0.25, 0.3) is 0 Å². The maximum atomic E-state index is 12.4. The highest BCUT2D eigenvalue weighted by Crippen LogP contribution is 2.48. The van der Waals surface area contributed by atoms with Crippen molar-refractivity contribution in [3.8, 4) is 5.75 Å². The number of nitrogens with one attached hydrogen (secondary N) is 1. The lowest BCUT2D eigenvalue weighted by Gasteiger charge is -2.26. The van der Waals surface area contributed by atoms with Crippen LogP contribution in [0.4, 0.5) is 0 Å². The summed E-state index contributed by atoms with van der Waals surface area (Å²) in [5.74, 6) is 0.434. The summed E-state index contributed by atoms with van der Waals surface area (Å²) in [7, 11) is 2.96. The molecule has 5 heteroatoms. The number of carbonyl (C=O) groups excluding carboxylic acids is 2. The third-order valence-corrected chi connectivity index (χ3v) is 4.41. The molecule has 1 aliphatic rings. The molecule has 1 aromatic carbocycles. The maximum Gasteiger partial charge on any atom is 0.331 e. The second-order valence-corrected chi connectivity index (χ2v) is 5.89. The van der Waals surface area contributed by atoms with Gasteiger partial charge in [-0.05, 0) is 43.4 Å². The second-order valence-electron chi connectivity index (χ2n) is 5.89. The van der Waals surface area contributed by atoms with Crippen LogP contribution in [-0.2, 0) is 14.3 Å². The average Bonchev–Trinajstić information content (AvgIpc) is 3.34. The van der Waals surface area contributed by atoms with Crippen molar-refractivity contribution in [2.24, 2.45) is 5.92 Å². The summed E-state index contributed by atoms with van der Waals surface area (Å²) in [5, 5.41) is 2.84. The fraction of sp³-hybridized carbons (Fsp3) is 0.529. The standard InChI is InChI=1S/C17H23NO4/c1-5-17(2,16(20)22-4)18-15(19)14-10-13(14)11-6-8-12(21-3)9-7-11/h6-9,13-14H,5,10H2,1-4H3,(H,18,19)/t13-,14+,17+/m1/s1. The summed E-state index contributed by atoms with van der Waals surface area (Å²) in [4.78, 5) is 24.2. The molecular formula is C17H23NO4. The van der Waals surface area contributed by atoms with E-state index in [0.29, 0.717) is 6.42 Å². The summed E-state index contributed by atoms with van der Waals surface area (Å²) in [5.41, 5.74) is 0.163. The first-order valence-corrected chi connectivity index (χ1v) is 7.49. The van der Waals surface area contributed by atoms with Gasteiger partial charge in [0.05, 0.1) is 14.2 Å². The molecule has 0 unspecified atom stereocenters. The van der Waals surface area contributed by atoms with E-state index in [1.54, 1.807) is 14.0 Å². The zero-order valence-corrected chi connectivity index (χ0v) is 13.5. The van der Waals surface area contributed by atoms with Crippen molar-refractivity contribution in [1.29, 1.82) is 0 Å². The molecule has 0 aromatic heterocycles. The van der Waals surface area contributed by atoms with Crippen molar-refractivity contribution in [2.75, 3.05) is 14.2 Å². The molecule has 0 radical (unpaired) electrons. The summed E-state index contributed by atoms with van der Waals surface area (Å²) < 4.78 is 9.91. The maximum absolute atomic E-state index is 12.4. The second kappa shape index (κ2) is 6.38. The molecule has 0 heterocycles. The Morgan fingerprint density at radius 3 is 2.41 bits per heavy atom. The van der Waals surface area contributed by atoms with Gasteiger partial charge in [0.2, 0.25) is 5.91 Å². The van der Waals surface area contributed by atoms with Crippen LogP contribution in [0.1, 0.15) is 38.2 Å². The minimum Gasteiger partial charge on any atom is -0.497 e. The lowest BCUT2D eigenvalue weighted by molar-refractivity contribution is -0.150. The number of methoxy groups -OCH3 is 2. The molecule has 1 N–H and O–H groups in total. The fourth-order valence-corrected chi connectivity index (χ4v) is 2.58. The number of rotatable bonds is 6. The van der Waals surface area contributed by atoms with E-state index >= 15 is 0 Å². The zero-order valence-electron chi connectivity index (χ0n) is 13.5. The number of amides is 1. The molecule has 0 saturated heterocycles. The first kappa shape index (κ1) is 16.3. The number of benzene rings is 1. The van der Waals surface area contributed by atoms with Crippen molar-refractivity contribution in [1.82, 2.24) is 5.32 Å². The van der Waals surface area contributed by atoms with Crippen LogP contribution in [0.3, 0.4) is 0 Å². The third kappa shape index (κ3) is 3.24. The van der Waals surface area contributed by atoms with Crippen LogP contribution in [0.2, 0.25) is 0 Å². The molecule has 1 fully saturated rings. The van der Waals surface area contributed by atoms with Crippen molar-refractivity contribution in [3.05, 3.63) is 29.8 Å². The Balaban J connectivity index is 1.99. The molecule has 0 aliphatic heterocycles. The molecule has 1 saturated carbocycles. The van der Waals surface area contributed by atoms with Crippen LogP contribution < -0.4 is 10.1 Å². The minimum absolute atomic E-state index is 0.0797. The summed E-state index contributed by atoms with van der Waals surface area (Å²) in [6.45, 7) is 3.55. The van der Waals surface area contributed by atoms with Gasteiger partial charge in [-0.25, -0.2) is 4.79 Å². The van der Waals surface area contributed by atoms with E-state index in [1.165, 1.54) is 7.11 Å². The monoisotopic (exact) mass is 305 g/mol. The lowest BCUT2D eigenvalue weighted by atomic mass is 9.98. The van der Waals surface area contributed by atoms with Crippen molar-refractivity contribution in [2.45, 2.75) is 38.1 Å². The van der Waals surface area contributed by atoms with Gasteiger partial charge in [-0.2, -0.15) is 0 Å². The van der Waals surface area contributed by atoms with E-state index in [4.69, 9.17) is 9.47 Å². The molecule has 0 spiro atoms. The van der Waals surface area contributed by atoms with E-state index in [2.05, 4.69) is 5.32 Å². The van der Waals surface area contributed by atoms with Crippen molar-refractivity contribution in [3.63, 3.8) is 0 Å². The lowest BCUT2D eigenvalue weighted by Crippen LogP contribution is -2.52. The summed E-state index contributed by atoms with van der Waals surface area (Å²) in [6.07, 6.45) is 1.30. The van der Waals surface area contributed by atoms with Gasteiger partial charge in [0.15, 0.2) is 0 Å². The topological polar surface area (TPSA) is 64.6 Å². The van der Waals surface area contributed by atoms with Gasteiger partial charge in [-0.3, -0.25) is 4.79 Å². The molecule has 5 nitrogen and oxygen atoms in total. The summed E-state index contributed by atoms with van der Waals surface area (Å²) >= 11 is 0. The highest BCUT2D eigenvalue weighted by molar-refractivity contribution is 5.90. The molecule has 2 rings (SSSR count). The Morgan fingerprint density at radius 2 is 1.91 bits per heavy atom. The van der Waals surface area contributed by atoms with E-state index in [1.807, 2.05) is 31.2 Å². The van der Waals surface area contributed by atoms with Crippen LogP contribution in [0.5, 0.6) is 5.75 Å². The van der Waals surface area contributed by atoms with E-state index in [9.17, 15) is 9.59 Å². The number of hydrogen-bond donors (Lipinski definition) is 1. The molecule has 1 amide bonds. The van der Waals surface area contributed by atoms with Crippen molar-refractivity contribution >= 4 is 11.9 Å². The number of ether oxygens (including phenoxy) is 2. The first-order chi connectivity index (χ1) is 10.4. The van der Waals surface area contributed by atoms with Crippen LogP contribution >= 0.6 is 0 Å². The summed E-state index contributed by atoms with van der Waals surface area (Å²) in [6, 6.07) is 7.76. The van der Waals surface area contributed by atoms with Gasteiger partial charge in [0.1, 0.15) is 11.3 Å². The van der Waals surface area contributed by atoms with Gasteiger partial charge in [-0.1, -0.05) is 19.1 Å². The zero-order chi connectivity index (χ0) is 16.3. The Labute approximate surface area is 131 Å². The number of hydrogen-bond acceptors (Lipinski definition) is 4. The SMILES string of the molecule is CC[C@](C)(NC(=O)[C@H]1C[C@@H]1c1ccc(OC)cc1)C(=O)OC. The molecule has 120 valence electrons. The largest absolute Gasteiger partial charge is 0.497 e. The van der Waals surface area contributed by atoms with Crippen LogP contribution in [0.25, 0.3) is 0 Å². The molecule has 0 bridgehead atoms. The average molecular weight is 305 g/mol. The van der Waals surface area contributed by atoms with Crippen LogP contribution in [0, 0.1) is 5.92 Å². The third-order valence-electron chi connectivity index (χ3n) is 4.41.